The molecule has 1 amide bonds. The SMILES string of the molecule is C[C@@H](C(=O)Nc1ccc(Cl)cn1)N1CCC[C@H](c2ccn[nH]2)C1. The largest absolute Gasteiger partial charge is 0.309 e. The molecule has 6 nitrogen and oxygen atoms in total. The van der Waals surface area contributed by atoms with Crippen molar-refractivity contribution in [1.82, 2.24) is 20.1 Å². The van der Waals surface area contributed by atoms with E-state index < -0.39 is 0 Å². The van der Waals surface area contributed by atoms with Crippen molar-refractivity contribution < 1.29 is 4.79 Å². The lowest BCUT2D eigenvalue weighted by Crippen LogP contribution is -2.46. The van der Waals surface area contributed by atoms with Gasteiger partial charge in [0.1, 0.15) is 5.82 Å². The van der Waals surface area contributed by atoms with Crippen molar-refractivity contribution in [2.75, 3.05) is 18.4 Å². The summed E-state index contributed by atoms with van der Waals surface area (Å²) in [7, 11) is 0. The van der Waals surface area contributed by atoms with Crippen LogP contribution in [0.4, 0.5) is 5.82 Å². The maximum atomic E-state index is 12.4. The molecular formula is C16H20ClN5O. The Bertz CT molecular complexity index is 643. The fourth-order valence-corrected chi connectivity index (χ4v) is 3.06. The first kappa shape index (κ1) is 16.0. The highest BCUT2D eigenvalue weighted by molar-refractivity contribution is 6.30. The first-order valence-corrected chi connectivity index (χ1v) is 8.17. The number of anilines is 1. The molecule has 1 saturated heterocycles. The number of aromatic nitrogens is 3. The van der Waals surface area contributed by atoms with Gasteiger partial charge >= 0.3 is 0 Å². The molecule has 0 unspecified atom stereocenters. The Balaban J connectivity index is 1.61. The first-order chi connectivity index (χ1) is 11.1. The van der Waals surface area contributed by atoms with Crippen LogP contribution >= 0.6 is 11.6 Å². The van der Waals surface area contributed by atoms with Gasteiger partial charge in [0, 0.05) is 30.6 Å². The molecule has 0 saturated carbocycles. The molecule has 2 aromatic rings. The Morgan fingerprint density at radius 3 is 3.04 bits per heavy atom. The van der Waals surface area contributed by atoms with E-state index in [4.69, 9.17) is 11.6 Å². The molecule has 0 aliphatic carbocycles. The number of halogens is 1. The number of amides is 1. The van der Waals surface area contributed by atoms with Gasteiger partial charge in [0.2, 0.25) is 5.91 Å². The number of likely N-dealkylation sites (tertiary alicyclic amines) is 1. The van der Waals surface area contributed by atoms with E-state index in [9.17, 15) is 4.79 Å². The molecule has 2 aromatic heterocycles. The van der Waals surface area contributed by atoms with Crippen LogP contribution in [0.25, 0.3) is 0 Å². The summed E-state index contributed by atoms with van der Waals surface area (Å²) in [6, 6.07) is 5.22. The van der Waals surface area contributed by atoms with Crippen LogP contribution in [0, 0.1) is 0 Å². The number of pyridine rings is 1. The van der Waals surface area contributed by atoms with Crippen LogP contribution in [0.1, 0.15) is 31.4 Å². The number of hydrogen-bond acceptors (Lipinski definition) is 4. The lowest BCUT2D eigenvalue weighted by atomic mass is 9.94. The first-order valence-electron chi connectivity index (χ1n) is 7.79. The Morgan fingerprint density at radius 2 is 2.35 bits per heavy atom. The van der Waals surface area contributed by atoms with Crippen molar-refractivity contribution in [3.63, 3.8) is 0 Å². The highest BCUT2D eigenvalue weighted by atomic mass is 35.5. The second-order valence-corrected chi connectivity index (χ2v) is 6.31. The summed E-state index contributed by atoms with van der Waals surface area (Å²) >= 11 is 5.81. The molecule has 2 N–H and O–H groups in total. The van der Waals surface area contributed by atoms with Crippen LogP contribution < -0.4 is 5.32 Å². The molecule has 7 heteroatoms. The minimum Gasteiger partial charge on any atom is -0.309 e. The fourth-order valence-electron chi connectivity index (χ4n) is 2.95. The molecule has 0 bridgehead atoms. The van der Waals surface area contributed by atoms with Gasteiger partial charge in [-0.3, -0.25) is 14.8 Å². The smallest absolute Gasteiger partial charge is 0.242 e. The molecule has 1 aliphatic rings. The van der Waals surface area contributed by atoms with Gasteiger partial charge in [0.15, 0.2) is 0 Å². The van der Waals surface area contributed by atoms with E-state index in [0.29, 0.717) is 16.8 Å². The molecule has 3 rings (SSSR count). The summed E-state index contributed by atoms with van der Waals surface area (Å²) in [4.78, 5) is 18.8. The van der Waals surface area contributed by atoms with E-state index in [2.05, 4.69) is 25.4 Å². The second-order valence-electron chi connectivity index (χ2n) is 5.87. The fraction of sp³-hybridized carbons (Fsp3) is 0.438. The van der Waals surface area contributed by atoms with Gasteiger partial charge in [-0.2, -0.15) is 5.10 Å². The van der Waals surface area contributed by atoms with Gasteiger partial charge in [-0.1, -0.05) is 11.6 Å². The van der Waals surface area contributed by atoms with Gasteiger partial charge in [-0.15, -0.1) is 0 Å². The van der Waals surface area contributed by atoms with Gasteiger partial charge < -0.3 is 5.32 Å². The van der Waals surface area contributed by atoms with Gasteiger partial charge in [-0.05, 0) is 44.5 Å². The maximum Gasteiger partial charge on any atom is 0.242 e. The predicted octanol–water partition coefficient (Wildman–Crippen LogP) is 2.66. The molecule has 1 fully saturated rings. The van der Waals surface area contributed by atoms with E-state index in [1.165, 1.54) is 6.20 Å². The van der Waals surface area contributed by atoms with Gasteiger partial charge in [-0.25, -0.2) is 4.98 Å². The number of nitrogens with zero attached hydrogens (tertiary/aromatic N) is 3. The monoisotopic (exact) mass is 333 g/mol. The third-order valence-corrected chi connectivity index (χ3v) is 4.54. The van der Waals surface area contributed by atoms with Gasteiger partial charge in [0.25, 0.3) is 0 Å². The van der Waals surface area contributed by atoms with Crippen LogP contribution in [-0.4, -0.2) is 45.1 Å². The van der Waals surface area contributed by atoms with Crippen LogP contribution in [-0.2, 0) is 4.79 Å². The average Bonchev–Trinajstić information content (AvgIpc) is 3.11. The summed E-state index contributed by atoms with van der Waals surface area (Å²) in [6.07, 6.45) is 5.49. The Hall–Kier alpha value is -1.92. The molecule has 0 aromatic carbocycles. The van der Waals surface area contributed by atoms with Crippen molar-refractivity contribution >= 4 is 23.3 Å². The summed E-state index contributed by atoms with van der Waals surface area (Å²) in [5, 5.41) is 10.5. The number of rotatable bonds is 4. The molecule has 0 spiro atoms. The summed E-state index contributed by atoms with van der Waals surface area (Å²) in [6.45, 7) is 3.71. The minimum absolute atomic E-state index is 0.0508. The molecule has 1 aliphatic heterocycles. The third kappa shape index (κ3) is 3.89. The normalized spacial score (nSPS) is 20.2. The van der Waals surface area contributed by atoms with E-state index in [0.717, 1.165) is 31.6 Å². The predicted molar refractivity (Wildman–Crippen MR) is 89.5 cm³/mol. The number of aromatic amines is 1. The maximum absolute atomic E-state index is 12.4. The Morgan fingerprint density at radius 1 is 1.48 bits per heavy atom. The second kappa shape index (κ2) is 7.10. The van der Waals surface area contributed by atoms with E-state index in [1.54, 1.807) is 18.3 Å². The lowest BCUT2D eigenvalue weighted by molar-refractivity contribution is -0.121. The molecule has 2 atom stereocenters. The van der Waals surface area contributed by atoms with Crippen molar-refractivity contribution in [2.24, 2.45) is 0 Å². The highest BCUT2D eigenvalue weighted by Crippen LogP contribution is 2.26. The topological polar surface area (TPSA) is 73.9 Å². The molecule has 122 valence electrons. The van der Waals surface area contributed by atoms with Crippen LogP contribution in [0.2, 0.25) is 5.02 Å². The Kier molecular flexibility index (Phi) is 4.93. The number of hydrogen-bond donors (Lipinski definition) is 2. The average molecular weight is 334 g/mol. The van der Waals surface area contributed by atoms with Crippen molar-refractivity contribution in [2.45, 2.75) is 31.7 Å². The van der Waals surface area contributed by atoms with E-state index in [1.807, 2.05) is 13.0 Å². The molecule has 3 heterocycles. The van der Waals surface area contributed by atoms with Crippen molar-refractivity contribution in [3.05, 3.63) is 41.3 Å². The van der Waals surface area contributed by atoms with Crippen LogP contribution in [0.3, 0.4) is 0 Å². The highest BCUT2D eigenvalue weighted by Gasteiger charge is 2.28. The quantitative estimate of drug-likeness (QED) is 0.902. The van der Waals surface area contributed by atoms with E-state index >= 15 is 0 Å². The molecule has 0 radical (unpaired) electrons. The number of carbonyl (C=O) groups is 1. The Labute approximate surface area is 140 Å². The number of piperidine rings is 1. The number of nitrogens with one attached hydrogen (secondary N) is 2. The summed E-state index contributed by atoms with van der Waals surface area (Å²) in [5.74, 6) is 0.869. The van der Waals surface area contributed by atoms with Crippen LogP contribution in [0.5, 0.6) is 0 Å². The molecule has 23 heavy (non-hydrogen) atoms. The minimum atomic E-state index is -0.210. The third-order valence-electron chi connectivity index (χ3n) is 4.32. The lowest BCUT2D eigenvalue weighted by Gasteiger charge is -2.35. The summed E-state index contributed by atoms with van der Waals surface area (Å²) < 4.78 is 0. The molecular weight excluding hydrogens is 314 g/mol. The summed E-state index contributed by atoms with van der Waals surface area (Å²) in [5.41, 5.74) is 1.14. The zero-order valence-corrected chi connectivity index (χ0v) is 13.8. The van der Waals surface area contributed by atoms with Crippen molar-refractivity contribution in [1.29, 1.82) is 0 Å². The number of H-pyrrole nitrogens is 1. The number of carbonyl (C=O) groups excluding carboxylic acids is 1. The van der Waals surface area contributed by atoms with Gasteiger partial charge in [0.05, 0.1) is 11.1 Å². The zero-order valence-electron chi connectivity index (χ0n) is 13.0. The zero-order chi connectivity index (χ0) is 16.2. The van der Waals surface area contributed by atoms with E-state index in [-0.39, 0.29) is 11.9 Å². The standard InChI is InChI=1S/C16H20ClN5O/c1-11(16(23)20-15-5-4-13(17)9-18-15)22-8-2-3-12(10-22)14-6-7-19-21-14/h4-7,9,11-12H,2-3,8,10H2,1H3,(H,19,21)(H,18,20,23)/t11-,12-/m0/s1. The van der Waals surface area contributed by atoms with Crippen molar-refractivity contribution in [3.8, 4) is 0 Å². The van der Waals surface area contributed by atoms with Crippen LogP contribution in [0.15, 0.2) is 30.6 Å².